The molecule has 2 aromatic carbocycles. The zero-order valence-corrected chi connectivity index (χ0v) is 15.5. The lowest BCUT2D eigenvalue weighted by Crippen LogP contribution is -2.07. The molecule has 1 aromatic heterocycles. The molecular weight excluding hydrogens is 346 g/mol. The van der Waals surface area contributed by atoms with Gasteiger partial charge in [0.15, 0.2) is 5.76 Å². The van der Waals surface area contributed by atoms with Crippen LogP contribution in [0.5, 0.6) is 11.5 Å². The highest BCUT2D eigenvalue weighted by molar-refractivity contribution is 5.78. The van der Waals surface area contributed by atoms with Crippen LogP contribution in [0.4, 0.5) is 0 Å². The number of aromatic nitrogens is 1. The summed E-state index contributed by atoms with van der Waals surface area (Å²) in [4.78, 5) is 16.4. The van der Waals surface area contributed by atoms with Crippen LogP contribution in [-0.4, -0.2) is 31.8 Å². The first kappa shape index (κ1) is 18.5. The fourth-order valence-corrected chi connectivity index (χ4v) is 2.66. The summed E-state index contributed by atoms with van der Waals surface area (Å²) in [7, 11) is 3.23. The van der Waals surface area contributed by atoms with Gasteiger partial charge in [-0.3, -0.25) is 4.79 Å². The van der Waals surface area contributed by atoms with Gasteiger partial charge in [-0.25, -0.2) is 4.98 Å². The van der Waals surface area contributed by atoms with E-state index in [1.54, 1.807) is 21.1 Å². The highest BCUT2D eigenvalue weighted by Gasteiger charge is 2.19. The Morgan fingerprint density at radius 2 is 1.48 bits per heavy atom. The third kappa shape index (κ3) is 4.28. The first-order valence-corrected chi connectivity index (χ1v) is 8.58. The van der Waals surface area contributed by atoms with Crippen LogP contribution in [0.15, 0.2) is 52.9 Å². The number of oxazole rings is 1. The number of ether oxygens (including phenoxy) is 3. The van der Waals surface area contributed by atoms with Crippen molar-refractivity contribution < 1.29 is 23.4 Å². The summed E-state index contributed by atoms with van der Waals surface area (Å²) in [6.45, 7) is 2.08. The van der Waals surface area contributed by atoms with Gasteiger partial charge in [-0.15, -0.1) is 0 Å². The fourth-order valence-electron chi connectivity index (χ4n) is 2.66. The van der Waals surface area contributed by atoms with Crippen LogP contribution in [0, 0.1) is 0 Å². The van der Waals surface area contributed by atoms with Crippen LogP contribution in [0.25, 0.3) is 22.6 Å². The van der Waals surface area contributed by atoms with Gasteiger partial charge in [-0.05, 0) is 55.5 Å². The number of carbonyl (C=O) groups is 1. The number of nitrogens with zero attached hydrogens (tertiary/aromatic N) is 1. The topological polar surface area (TPSA) is 70.8 Å². The second-order valence-corrected chi connectivity index (χ2v) is 5.72. The number of rotatable bonds is 7. The van der Waals surface area contributed by atoms with Gasteiger partial charge >= 0.3 is 5.97 Å². The predicted octanol–water partition coefficient (Wildman–Crippen LogP) is 4.13. The van der Waals surface area contributed by atoms with Crippen LogP contribution < -0.4 is 9.47 Å². The van der Waals surface area contributed by atoms with Gasteiger partial charge in [0.1, 0.15) is 23.6 Å². The zero-order valence-electron chi connectivity index (χ0n) is 15.5. The molecule has 0 aliphatic heterocycles. The molecule has 0 saturated carbocycles. The molecule has 0 unspecified atom stereocenters. The Balaban J connectivity index is 2.02. The second-order valence-electron chi connectivity index (χ2n) is 5.72. The molecule has 0 atom stereocenters. The predicted molar refractivity (Wildman–Crippen MR) is 101 cm³/mol. The molecule has 0 amide bonds. The van der Waals surface area contributed by atoms with Crippen LogP contribution >= 0.6 is 0 Å². The van der Waals surface area contributed by atoms with Crippen molar-refractivity contribution in [1.82, 2.24) is 4.98 Å². The lowest BCUT2D eigenvalue weighted by molar-refractivity contribution is -0.142. The lowest BCUT2D eigenvalue weighted by atomic mass is 10.1. The highest BCUT2D eigenvalue weighted by atomic mass is 16.5. The average molecular weight is 367 g/mol. The Kier molecular flexibility index (Phi) is 5.76. The first-order chi connectivity index (χ1) is 13.1. The van der Waals surface area contributed by atoms with E-state index in [1.165, 1.54) is 0 Å². The van der Waals surface area contributed by atoms with Crippen molar-refractivity contribution >= 4 is 5.97 Å². The van der Waals surface area contributed by atoms with E-state index in [-0.39, 0.29) is 12.4 Å². The monoisotopic (exact) mass is 367 g/mol. The molecule has 0 fully saturated rings. The van der Waals surface area contributed by atoms with Crippen molar-refractivity contribution in [3.8, 4) is 34.1 Å². The average Bonchev–Trinajstić information content (AvgIpc) is 3.12. The molecule has 0 N–H and O–H groups in total. The van der Waals surface area contributed by atoms with Crippen molar-refractivity contribution in [1.29, 1.82) is 0 Å². The minimum absolute atomic E-state index is 0.0207. The van der Waals surface area contributed by atoms with Crippen molar-refractivity contribution in [2.24, 2.45) is 0 Å². The standard InChI is InChI=1S/C21H21NO5/c1-4-26-19(23)13-18-22-20(14-5-9-16(24-2)10-6-14)21(27-18)15-7-11-17(25-3)12-8-15/h5-12H,4,13H2,1-3H3. The van der Waals surface area contributed by atoms with E-state index in [4.69, 9.17) is 18.6 Å². The molecule has 6 nitrogen and oxygen atoms in total. The van der Waals surface area contributed by atoms with E-state index in [9.17, 15) is 4.79 Å². The minimum Gasteiger partial charge on any atom is -0.497 e. The fraction of sp³-hybridized carbons (Fsp3) is 0.238. The smallest absolute Gasteiger partial charge is 0.315 e. The first-order valence-electron chi connectivity index (χ1n) is 8.58. The van der Waals surface area contributed by atoms with Gasteiger partial charge in [0, 0.05) is 11.1 Å². The molecule has 3 rings (SSSR count). The molecule has 0 aliphatic rings. The highest BCUT2D eigenvalue weighted by Crippen LogP contribution is 2.34. The van der Waals surface area contributed by atoms with Crippen LogP contribution in [-0.2, 0) is 16.0 Å². The molecule has 0 bridgehead atoms. The van der Waals surface area contributed by atoms with E-state index in [1.807, 2.05) is 48.5 Å². The van der Waals surface area contributed by atoms with Crippen molar-refractivity contribution in [3.05, 3.63) is 54.4 Å². The Morgan fingerprint density at radius 1 is 0.926 bits per heavy atom. The molecule has 140 valence electrons. The maximum atomic E-state index is 11.8. The van der Waals surface area contributed by atoms with Gasteiger partial charge in [-0.1, -0.05) is 0 Å². The maximum Gasteiger partial charge on any atom is 0.315 e. The molecule has 6 heteroatoms. The zero-order chi connectivity index (χ0) is 19.2. The second kappa shape index (κ2) is 8.40. The Hall–Kier alpha value is -3.28. The number of benzene rings is 2. The van der Waals surface area contributed by atoms with E-state index < -0.39 is 0 Å². The molecule has 0 spiro atoms. The summed E-state index contributed by atoms with van der Waals surface area (Å²) in [6.07, 6.45) is -0.0207. The Morgan fingerprint density at radius 3 is 2.00 bits per heavy atom. The molecule has 0 saturated heterocycles. The summed E-state index contributed by atoms with van der Waals surface area (Å²) in [5.41, 5.74) is 2.35. The van der Waals surface area contributed by atoms with Gasteiger partial charge < -0.3 is 18.6 Å². The van der Waals surface area contributed by atoms with Crippen LogP contribution in [0.3, 0.4) is 0 Å². The summed E-state index contributed by atoms with van der Waals surface area (Å²) in [5, 5.41) is 0. The molecule has 0 radical (unpaired) electrons. The summed E-state index contributed by atoms with van der Waals surface area (Å²) < 4.78 is 21.3. The quantitative estimate of drug-likeness (QED) is 0.585. The van der Waals surface area contributed by atoms with Gasteiger partial charge in [0.2, 0.25) is 5.89 Å². The Bertz CT molecular complexity index is 832. The summed E-state index contributed by atoms with van der Waals surface area (Å²) >= 11 is 0. The third-order valence-corrected chi connectivity index (χ3v) is 3.99. The van der Waals surface area contributed by atoms with Crippen molar-refractivity contribution in [2.75, 3.05) is 20.8 Å². The lowest BCUT2D eigenvalue weighted by Gasteiger charge is -2.04. The van der Waals surface area contributed by atoms with Gasteiger partial charge in [0.25, 0.3) is 0 Å². The van der Waals surface area contributed by atoms with E-state index in [2.05, 4.69) is 4.98 Å². The number of carbonyl (C=O) groups excluding carboxylic acids is 1. The number of esters is 1. The molecular formula is C21H21NO5. The summed E-state index contributed by atoms with van der Waals surface area (Å²) in [6, 6.07) is 15.0. The molecule has 27 heavy (non-hydrogen) atoms. The van der Waals surface area contributed by atoms with E-state index in [0.29, 0.717) is 24.0 Å². The van der Waals surface area contributed by atoms with Gasteiger partial charge in [0.05, 0.1) is 20.8 Å². The minimum atomic E-state index is -0.374. The number of methoxy groups -OCH3 is 2. The SMILES string of the molecule is CCOC(=O)Cc1nc(-c2ccc(OC)cc2)c(-c2ccc(OC)cc2)o1. The van der Waals surface area contributed by atoms with E-state index in [0.717, 1.165) is 22.6 Å². The number of hydrogen-bond acceptors (Lipinski definition) is 6. The van der Waals surface area contributed by atoms with Crippen LogP contribution in [0.1, 0.15) is 12.8 Å². The van der Waals surface area contributed by atoms with E-state index >= 15 is 0 Å². The molecule has 3 aromatic rings. The van der Waals surface area contributed by atoms with Crippen molar-refractivity contribution in [3.63, 3.8) is 0 Å². The Labute approximate surface area is 157 Å². The van der Waals surface area contributed by atoms with Crippen LogP contribution in [0.2, 0.25) is 0 Å². The normalized spacial score (nSPS) is 10.5. The number of hydrogen-bond donors (Lipinski definition) is 0. The van der Waals surface area contributed by atoms with Crippen molar-refractivity contribution in [2.45, 2.75) is 13.3 Å². The maximum absolute atomic E-state index is 11.8. The molecule has 1 heterocycles. The third-order valence-electron chi connectivity index (χ3n) is 3.99. The van der Waals surface area contributed by atoms with Gasteiger partial charge in [-0.2, -0.15) is 0 Å². The largest absolute Gasteiger partial charge is 0.497 e. The summed E-state index contributed by atoms with van der Waals surface area (Å²) in [5.74, 6) is 2.02. The molecule has 0 aliphatic carbocycles.